The van der Waals surface area contributed by atoms with E-state index in [0.29, 0.717) is 43.0 Å². The Kier molecular flexibility index (Phi) is 4.62. The number of hydrogen-bond donors (Lipinski definition) is 1. The van der Waals surface area contributed by atoms with E-state index < -0.39 is 11.6 Å². The normalized spacial score (nSPS) is 18.9. The molecule has 0 aliphatic carbocycles. The first-order chi connectivity index (χ1) is 13.2. The molecule has 2 aliphatic heterocycles. The lowest BCUT2D eigenvalue weighted by atomic mass is 9.82. The third-order valence-corrected chi connectivity index (χ3v) is 6.97. The van der Waals surface area contributed by atoms with Gasteiger partial charge in [-0.3, -0.25) is 4.79 Å². The Morgan fingerprint density at radius 3 is 2.57 bits per heavy atom. The fraction of sp³-hybridized carbons (Fsp3) is 0.524. The molecule has 0 unspecified atom stereocenters. The summed E-state index contributed by atoms with van der Waals surface area (Å²) in [5.41, 5.74) is 1.22. The number of nitrogens with zero attached hydrogens (tertiary/aromatic N) is 2. The molecule has 1 N–H and O–H groups in total. The lowest BCUT2D eigenvalue weighted by Crippen LogP contribution is -2.48. The molecule has 28 heavy (non-hydrogen) atoms. The lowest BCUT2D eigenvalue weighted by molar-refractivity contribution is -0.0926. The molecule has 6 nitrogen and oxygen atoms in total. The van der Waals surface area contributed by atoms with Gasteiger partial charge in [-0.25, -0.2) is 4.79 Å². The maximum Gasteiger partial charge on any atom is 0.345 e. The SMILES string of the molecule is CC(C)(C)n1ccc(C(=O)N2CCC3(CC2)OCCc2sc(C(=O)O)cc23)c1. The molecule has 2 aromatic heterocycles. The highest BCUT2D eigenvalue weighted by Crippen LogP contribution is 2.44. The number of ether oxygens (including phenoxy) is 1. The first-order valence-electron chi connectivity index (χ1n) is 9.68. The van der Waals surface area contributed by atoms with E-state index in [9.17, 15) is 14.7 Å². The van der Waals surface area contributed by atoms with Gasteiger partial charge in [-0.2, -0.15) is 0 Å². The molecule has 4 heterocycles. The Hall–Kier alpha value is -2.12. The molecule has 0 saturated carbocycles. The minimum atomic E-state index is -0.884. The van der Waals surface area contributed by atoms with Crippen molar-refractivity contribution in [3.05, 3.63) is 45.4 Å². The number of hydrogen-bond acceptors (Lipinski definition) is 4. The summed E-state index contributed by atoms with van der Waals surface area (Å²) in [5.74, 6) is -0.837. The standard InChI is InChI=1S/C21H26N2O4S/c1-20(2,3)23-8-4-14(13-23)18(24)22-9-6-21(7-10-22)15-12-17(19(25)26)28-16(15)5-11-27-21/h4,8,12-13H,5-7,9-11H2,1-3H3,(H,25,26). The van der Waals surface area contributed by atoms with Gasteiger partial charge in [0.2, 0.25) is 0 Å². The van der Waals surface area contributed by atoms with Gasteiger partial charge in [0.1, 0.15) is 4.88 Å². The minimum Gasteiger partial charge on any atom is -0.477 e. The zero-order chi connectivity index (χ0) is 20.1. The van der Waals surface area contributed by atoms with Crippen LogP contribution in [0.4, 0.5) is 0 Å². The van der Waals surface area contributed by atoms with Gasteiger partial charge in [-0.05, 0) is 51.3 Å². The van der Waals surface area contributed by atoms with Crippen LogP contribution in [0.25, 0.3) is 0 Å². The molecule has 1 amide bonds. The van der Waals surface area contributed by atoms with Crippen molar-refractivity contribution in [1.29, 1.82) is 0 Å². The van der Waals surface area contributed by atoms with Gasteiger partial charge in [-0.1, -0.05) is 0 Å². The summed E-state index contributed by atoms with van der Waals surface area (Å²) in [7, 11) is 0. The van der Waals surface area contributed by atoms with E-state index in [1.165, 1.54) is 11.3 Å². The molecule has 2 aromatic rings. The average Bonchev–Trinajstić information content (AvgIpc) is 3.30. The highest BCUT2D eigenvalue weighted by Gasteiger charge is 2.43. The first kappa shape index (κ1) is 19.2. The number of carboxylic acids is 1. The molecule has 1 spiro atoms. The third-order valence-electron chi connectivity index (χ3n) is 5.79. The predicted octanol–water partition coefficient (Wildman–Crippen LogP) is 3.71. The molecular weight excluding hydrogens is 376 g/mol. The molecule has 4 rings (SSSR count). The molecule has 1 fully saturated rings. The predicted molar refractivity (Wildman–Crippen MR) is 107 cm³/mol. The van der Waals surface area contributed by atoms with E-state index in [2.05, 4.69) is 25.3 Å². The van der Waals surface area contributed by atoms with Crippen LogP contribution in [0.15, 0.2) is 24.5 Å². The summed E-state index contributed by atoms with van der Waals surface area (Å²) in [6.07, 6.45) is 6.02. The second-order valence-electron chi connectivity index (χ2n) is 8.62. The molecule has 0 bridgehead atoms. The van der Waals surface area contributed by atoms with E-state index in [-0.39, 0.29) is 11.4 Å². The third kappa shape index (κ3) is 3.26. The van der Waals surface area contributed by atoms with Crippen molar-refractivity contribution >= 4 is 23.2 Å². The smallest absolute Gasteiger partial charge is 0.345 e. The van der Waals surface area contributed by atoms with Crippen LogP contribution in [-0.4, -0.2) is 46.1 Å². The summed E-state index contributed by atoms with van der Waals surface area (Å²) in [6.45, 7) is 8.14. The molecule has 7 heteroatoms. The average molecular weight is 403 g/mol. The molecule has 1 saturated heterocycles. The number of carboxylic acid groups (broad SMARTS) is 1. The maximum absolute atomic E-state index is 12.9. The number of carbonyl (C=O) groups excluding carboxylic acids is 1. The Morgan fingerprint density at radius 1 is 1.25 bits per heavy atom. The van der Waals surface area contributed by atoms with Gasteiger partial charge in [0.25, 0.3) is 5.91 Å². The van der Waals surface area contributed by atoms with E-state index in [1.807, 2.05) is 23.4 Å². The minimum absolute atomic E-state index is 0.0467. The van der Waals surface area contributed by atoms with Crippen molar-refractivity contribution in [2.24, 2.45) is 0 Å². The topological polar surface area (TPSA) is 71.8 Å². The van der Waals surface area contributed by atoms with Crippen molar-refractivity contribution in [3.63, 3.8) is 0 Å². The van der Waals surface area contributed by atoms with Gasteiger partial charge in [-0.15, -0.1) is 11.3 Å². The molecule has 0 atom stereocenters. The summed E-state index contributed by atoms with van der Waals surface area (Å²) in [5, 5.41) is 9.34. The Labute approximate surface area is 168 Å². The summed E-state index contributed by atoms with van der Waals surface area (Å²) >= 11 is 1.36. The van der Waals surface area contributed by atoms with E-state index >= 15 is 0 Å². The number of aromatic carboxylic acids is 1. The number of thiophene rings is 1. The number of amides is 1. The van der Waals surface area contributed by atoms with Gasteiger partial charge in [0.05, 0.1) is 17.8 Å². The van der Waals surface area contributed by atoms with Crippen LogP contribution in [0.5, 0.6) is 0 Å². The van der Waals surface area contributed by atoms with Crippen molar-refractivity contribution in [2.75, 3.05) is 19.7 Å². The maximum atomic E-state index is 12.9. The molecular formula is C21H26N2O4S. The van der Waals surface area contributed by atoms with Crippen LogP contribution >= 0.6 is 11.3 Å². The zero-order valence-electron chi connectivity index (χ0n) is 16.5. The summed E-state index contributed by atoms with van der Waals surface area (Å²) in [4.78, 5) is 27.7. The zero-order valence-corrected chi connectivity index (χ0v) is 17.3. The van der Waals surface area contributed by atoms with Crippen molar-refractivity contribution < 1.29 is 19.4 Å². The van der Waals surface area contributed by atoms with Crippen LogP contribution in [-0.2, 0) is 22.3 Å². The fourth-order valence-electron chi connectivity index (χ4n) is 4.13. The number of likely N-dealkylation sites (tertiary alicyclic amines) is 1. The largest absolute Gasteiger partial charge is 0.477 e. The second kappa shape index (κ2) is 6.74. The number of rotatable bonds is 2. The Balaban J connectivity index is 1.50. The van der Waals surface area contributed by atoms with Gasteiger partial charge >= 0.3 is 5.97 Å². The fourth-order valence-corrected chi connectivity index (χ4v) is 5.20. The van der Waals surface area contributed by atoms with Crippen LogP contribution < -0.4 is 0 Å². The second-order valence-corrected chi connectivity index (χ2v) is 9.75. The monoisotopic (exact) mass is 402 g/mol. The van der Waals surface area contributed by atoms with E-state index in [1.54, 1.807) is 6.07 Å². The molecule has 2 aliphatic rings. The number of carbonyl (C=O) groups is 2. The molecule has 0 radical (unpaired) electrons. The van der Waals surface area contributed by atoms with Crippen molar-refractivity contribution in [1.82, 2.24) is 9.47 Å². The highest BCUT2D eigenvalue weighted by molar-refractivity contribution is 7.14. The Morgan fingerprint density at radius 2 is 1.96 bits per heavy atom. The van der Waals surface area contributed by atoms with Gasteiger partial charge in [0, 0.05) is 42.3 Å². The van der Waals surface area contributed by atoms with Gasteiger partial charge in [0.15, 0.2) is 0 Å². The van der Waals surface area contributed by atoms with Crippen LogP contribution in [0.2, 0.25) is 0 Å². The van der Waals surface area contributed by atoms with Crippen LogP contribution in [0.1, 0.15) is 64.1 Å². The lowest BCUT2D eigenvalue weighted by Gasteiger charge is -2.44. The highest BCUT2D eigenvalue weighted by atomic mass is 32.1. The quantitative estimate of drug-likeness (QED) is 0.831. The number of fused-ring (bicyclic) bond motifs is 2. The molecule has 150 valence electrons. The van der Waals surface area contributed by atoms with E-state index in [0.717, 1.165) is 16.9 Å². The summed E-state index contributed by atoms with van der Waals surface area (Å²) in [6, 6.07) is 3.66. The Bertz CT molecular complexity index is 913. The number of aromatic nitrogens is 1. The van der Waals surface area contributed by atoms with E-state index in [4.69, 9.17) is 4.74 Å². The van der Waals surface area contributed by atoms with Crippen LogP contribution in [0, 0.1) is 0 Å². The molecule has 0 aromatic carbocycles. The number of piperidine rings is 1. The van der Waals surface area contributed by atoms with Crippen LogP contribution in [0.3, 0.4) is 0 Å². The van der Waals surface area contributed by atoms with Crippen molar-refractivity contribution in [2.45, 2.75) is 51.2 Å². The first-order valence-corrected chi connectivity index (χ1v) is 10.5. The van der Waals surface area contributed by atoms with Gasteiger partial charge < -0.3 is 19.3 Å². The summed E-state index contributed by atoms with van der Waals surface area (Å²) < 4.78 is 8.24. The van der Waals surface area contributed by atoms with Crippen molar-refractivity contribution in [3.8, 4) is 0 Å².